The van der Waals surface area contributed by atoms with Crippen molar-refractivity contribution in [1.29, 1.82) is 0 Å². The van der Waals surface area contributed by atoms with Crippen molar-refractivity contribution in [3.8, 4) is 0 Å². The first-order valence-electron chi connectivity index (χ1n) is 12.4. The maximum absolute atomic E-state index is 5.57. The summed E-state index contributed by atoms with van der Waals surface area (Å²) in [5, 5.41) is 7.18. The molecule has 1 aromatic heterocycles. The first kappa shape index (κ1) is 23.4. The second kappa shape index (κ2) is 12.0. The Labute approximate surface area is 198 Å². The number of thiocarbonyl (C=S) groups is 1. The molecule has 1 aromatic rings. The van der Waals surface area contributed by atoms with Gasteiger partial charge in [0.25, 0.3) is 0 Å². The van der Waals surface area contributed by atoms with Crippen molar-refractivity contribution in [3.05, 3.63) is 6.07 Å². The Balaban J connectivity index is 1.42. The van der Waals surface area contributed by atoms with E-state index in [9.17, 15) is 0 Å². The van der Waals surface area contributed by atoms with Gasteiger partial charge < -0.3 is 25.2 Å². The molecule has 0 amide bonds. The molecule has 0 bridgehead atoms. The van der Waals surface area contributed by atoms with Crippen molar-refractivity contribution in [2.75, 3.05) is 80.7 Å². The van der Waals surface area contributed by atoms with Crippen molar-refractivity contribution >= 4 is 34.9 Å². The lowest BCUT2D eigenvalue weighted by Crippen LogP contribution is -2.42. The topological polar surface area (TPSA) is 68.8 Å². The average molecular weight is 462 g/mol. The summed E-state index contributed by atoms with van der Waals surface area (Å²) >= 11 is 5.57. The van der Waals surface area contributed by atoms with Gasteiger partial charge in [-0.3, -0.25) is 4.90 Å². The standard InChI is InChI=1S/C23H39N7OS/c1-19-7-6-11-30(18-19)21-17-20(29-9-4-2-3-5-10-29)25-22(26-21)27-23(32)24-8-12-28-13-15-31-16-14-28/h17,19H,2-16,18H2,1H3,(H2,24,25,26,27,32). The fourth-order valence-electron chi connectivity index (χ4n) is 4.80. The van der Waals surface area contributed by atoms with Crippen LogP contribution >= 0.6 is 12.2 Å². The second-order valence-electron chi connectivity index (χ2n) is 9.34. The molecule has 178 valence electrons. The van der Waals surface area contributed by atoms with Crippen LogP contribution in [0.1, 0.15) is 45.4 Å². The van der Waals surface area contributed by atoms with Crippen LogP contribution in [0, 0.1) is 5.92 Å². The van der Waals surface area contributed by atoms with E-state index in [2.05, 4.69) is 38.3 Å². The molecule has 9 heteroatoms. The summed E-state index contributed by atoms with van der Waals surface area (Å²) in [5.74, 6) is 3.33. The van der Waals surface area contributed by atoms with Crippen molar-refractivity contribution in [1.82, 2.24) is 20.2 Å². The van der Waals surface area contributed by atoms with Gasteiger partial charge in [-0.15, -0.1) is 0 Å². The van der Waals surface area contributed by atoms with Gasteiger partial charge in [0.2, 0.25) is 5.95 Å². The smallest absolute Gasteiger partial charge is 0.232 e. The number of piperidine rings is 1. The lowest BCUT2D eigenvalue weighted by molar-refractivity contribution is 0.0389. The van der Waals surface area contributed by atoms with Crippen LogP contribution in [-0.2, 0) is 4.74 Å². The molecule has 0 radical (unpaired) electrons. The normalized spacial score (nSPS) is 23.0. The highest BCUT2D eigenvalue weighted by molar-refractivity contribution is 7.80. The number of hydrogen-bond donors (Lipinski definition) is 2. The van der Waals surface area contributed by atoms with Gasteiger partial charge in [0.1, 0.15) is 11.6 Å². The van der Waals surface area contributed by atoms with E-state index < -0.39 is 0 Å². The highest BCUT2D eigenvalue weighted by atomic mass is 32.1. The van der Waals surface area contributed by atoms with E-state index in [-0.39, 0.29) is 0 Å². The molecule has 2 N–H and O–H groups in total. The summed E-state index contributed by atoms with van der Waals surface area (Å²) in [7, 11) is 0. The second-order valence-corrected chi connectivity index (χ2v) is 9.75. The van der Waals surface area contributed by atoms with Crippen LogP contribution in [0.25, 0.3) is 0 Å². The number of morpholine rings is 1. The van der Waals surface area contributed by atoms with E-state index in [1.165, 1.54) is 38.5 Å². The average Bonchev–Trinajstić information content (AvgIpc) is 3.09. The minimum absolute atomic E-state index is 0.587. The van der Waals surface area contributed by atoms with E-state index in [1.54, 1.807) is 0 Å². The summed E-state index contributed by atoms with van der Waals surface area (Å²) in [6, 6.07) is 2.18. The molecule has 3 aliphatic rings. The molecular formula is C23H39N7OS. The summed E-state index contributed by atoms with van der Waals surface area (Å²) in [6.45, 7) is 11.9. The van der Waals surface area contributed by atoms with Gasteiger partial charge in [-0.25, -0.2) is 0 Å². The fraction of sp³-hybridized carbons (Fsp3) is 0.783. The Kier molecular flexibility index (Phi) is 8.76. The van der Waals surface area contributed by atoms with Crippen LogP contribution in [0.2, 0.25) is 0 Å². The van der Waals surface area contributed by atoms with Crippen LogP contribution in [0.5, 0.6) is 0 Å². The summed E-state index contributed by atoms with van der Waals surface area (Å²) in [5.41, 5.74) is 0. The summed E-state index contributed by atoms with van der Waals surface area (Å²) in [4.78, 5) is 17.0. The Morgan fingerprint density at radius 2 is 1.69 bits per heavy atom. The zero-order valence-electron chi connectivity index (χ0n) is 19.5. The Bertz CT molecular complexity index is 715. The lowest BCUT2D eigenvalue weighted by Gasteiger charge is -2.33. The van der Waals surface area contributed by atoms with E-state index in [1.807, 2.05) is 0 Å². The molecule has 0 aliphatic carbocycles. The Morgan fingerprint density at radius 1 is 1.00 bits per heavy atom. The van der Waals surface area contributed by atoms with Crippen LogP contribution in [-0.4, -0.2) is 85.6 Å². The predicted octanol–water partition coefficient (Wildman–Crippen LogP) is 2.71. The first-order chi connectivity index (χ1) is 15.7. The van der Waals surface area contributed by atoms with Gasteiger partial charge in [-0.2, -0.15) is 9.97 Å². The Morgan fingerprint density at radius 3 is 2.41 bits per heavy atom. The van der Waals surface area contributed by atoms with E-state index in [0.717, 1.165) is 77.2 Å². The molecule has 1 atom stereocenters. The number of rotatable bonds is 6. The molecule has 3 saturated heterocycles. The number of anilines is 3. The van der Waals surface area contributed by atoms with Gasteiger partial charge in [-0.1, -0.05) is 19.8 Å². The molecule has 3 fully saturated rings. The molecule has 0 saturated carbocycles. The lowest BCUT2D eigenvalue weighted by atomic mass is 10.0. The highest BCUT2D eigenvalue weighted by Gasteiger charge is 2.21. The third-order valence-corrected chi connectivity index (χ3v) is 6.90. The first-order valence-corrected chi connectivity index (χ1v) is 12.8. The SMILES string of the molecule is CC1CCCN(c2cc(N3CCCCCC3)nc(NC(=S)NCCN3CCOCC3)n2)C1. The highest BCUT2D eigenvalue weighted by Crippen LogP contribution is 2.27. The van der Waals surface area contributed by atoms with Crippen LogP contribution < -0.4 is 20.4 Å². The molecule has 4 heterocycles. The number of aromatic nitrogens is 2. The fourth-order valence-corrected chi connectivity index (χ4v) is 4.99. The van der Waals surface area contributed by atoms with Crippen LogP contribution in [0.3, 0.4) is 0 Å². The molecule has 0 aromatic carbocycles. The molecule has 1 unspecified atom stereocenters. The predicted molar refractivity (Wildman–Crippen MR) is 135 cm³/mol. The van der Waals surface area contributed by atoms with Crippen molar-refractivity contribution < 1.29 is 4.74 Å². The van der Waals surface area contributed by atoms with Crippen LogP contribution in [0.4, 0.5) is 17.6 Å². The third-order valence-electron chi connectivity index (χ3n) is 6.65. The minimum atomic E-state index is 0.587. The molecule has 8 nitrogen and oxygen atoms in total. The summed E-state index contributed by atoms with van der Waals surface area (Å²) in [6.07, 6.45) is 7.58. The van der Waals surface area contributed by atoms with Crippen molar-refractivity contribution in [3.63, 3.8) is 0 Å². The maximum Gasteiger partial charge on any atom is 0.232 e. The van der Waals surface area contributed by atoms with E-state index in [0.29, 0.717) is 17.0 Å². The molecule has 3 aliphatic heterocycles. The molecular weight excluding hydrogens is 422 g/mol. The Hall–Kier alpha value is -1.71. The van der Waals surface area contributed by atoms with E-state index >= 15 is 0 Å². The zero-order valence-corrected chi connectivity index (χ0v) is 20.3. The number of nitrogens with zero attached hydrogens (tertiary/aromatic N) is 5. The zero-order chi connectivity index (χ0) is 22.2. The third kappa shape index (κ3) is 6.89. The number of ether oxygens (including phenoxy) is 1. The van der Waals surface area contributed by atoms with Crippen LogP contribution in [0.15, 0.2) is 6.07 Å². The van der Waals surface area contributed by atoms with Crippen molar-refractivity contribution in [2.45, 2.75) is 45.4 Å². The minimum Gasteiger partial charge on any atom is -0.379 e. The van der Waals surface area contributed by atoms with Gasteiger partial charge in [0.05, 0.1) is 13.2 Å². The van der Waals surface area contributed by atoms with Gasteiger partial charge >= 0.3 is 0 Å². The van der Waals surface area contributed by atoms with Gasteiger partial charge in [0.15, 0.2) is 5.11 Å². The molecule has 0 spiro atoms. The van der Waals surface area contributed by atoms with E-state index in [4.69, 9.17) is 26.9 Å². The van der Waals surface area contributed by atoms with Crippen molar-refractivity contribution in [2.24, 2.45) is 5.92 Å². The maximum atomic E-state index is 5.57. The monoisotopic (exact) mass is 461 g/mol. The number of hydrogen-bond acceptors (Lipinski definition) is 7. The quantitative estimate of drug-likeness (QED) is 0.622. The number of nitrogens with one attached hydrogen (secondary N) is 2. The van der Waals surface area contributed by atoms with Gasteiger partial charge in [-0.05, 0) is 43.8 Å². The summed E-state index contributed by atoms with van der Waals surface area (Å²) < 4.78 is 5.42. The molecule has 4 rings (SSSR count). The molecule has 32 heavy (non-hydrogen) atoms. The largest absolute Gasteiger partial charge is 0.379 e. The van der Waals surface area contributed by atoms with Gasteiger partial charge in [0, 0.05) is 58.4 Å².